The molecule has 0 radical (unpaired) electrons. The number of aromatic nitrogens is 2. The van der Waals surface area contributed by atoms with E-state index in [1.807, 2.05) is 24.2 Å². The van der Waals surface area contributed by atoms with Crippen molar-refractivity contribution in [3.05, 3.63) is 12.4 Å². The Hall–Kier alpha value is -0.680. The first-order valence-electron chi connectivity index (χ1n) is 5.11. The van der Waals surface area contributed by atoms with Gasteiger partial charge in [0.1, 0.15) is 0 Å². The summed E-state index contributed by atoms with van der Waals surface area (Å²) in [6.07, 6.45) is 6.95. The average Bonchev–Trinajstić information content (AvgIpc) is 2.67. The first-order valence-corrected chi connectivity index (χ1v) is 6.50. The maximum atomic E-state index is 5.02. The van der Waals surface area contributed by atoms with Gasteiger partial charge < -0.3 is 14.6 Å². The van der Waals surface area contributed by atoms with Gasteiger partial charge in [0, 0.05) is 45.0 Å². The summed E-state index contributed by atoms with van der Waals surface area (Å²) in [7, 11) is 1.73. The van der Waals surface area contributed by atoms with Gasteiger partial charge >= 0.3 is 0 Å². The zero-order chi connectivity index (χ0) is 10.9. The van der Waals surface area contributed by atoms with Crippen molar-refractivity contribution >= 4 is 17.7 Å². The Kier molecular flexibility index (Phi) is 6.27. The summed E-state index contributed by atoms with van der Waals surface area (Å²) in [4.78, 5) is 4.27. The van der Waals surface area contributed by atoms with Gasteiger partial charge in [-0.3, -0.25) is 0 Å². The topological polar surface area (TPSA) is 39.1 Å². The second-order valence-corrected chi connectivity index (χ2v) is 4.20. The van der Waals surface area contributed by atoms with Crippen LogP contribution in [0.2, 0.25) is 0 Å². The SMILES string of the molecule is COCCCn1ccnc1NCCSC. The molecule has 0 bridgehead atoms. The lowest BCUT2D eigenvalue weighted by atomic mass is 10.4. The smallest absolute Gasteiger partial charge is 0.202 e. The van der Waals surface area contributed by atoms with Crippen LogP contribution in [0.3, 0.4) is 0 Å². The van der Waals surface area contributed by atoms with E-state index >= 15 is 0 Å². The summed E-state index contributed by atoms with van der Waals surface area (Å²) >= 11 is 1.83. The van der Waals surface area contributed by atoms with Gasteiger partial charge in [-0.25, -0.2) is 4.98 Å². The molecule has 0 aliphatic rings. The van der Waals surface area contributed by atoms with Crippen LogP contribution >= 0.6 is 11.8 Å². The molecule has 0 aliphatic heterocycles. The highest BCUT2D eigenvalue weighted by Crippen LogP contribution is 2.05. The molecule has 5 heteroatoms. The van der Waals surface area contributed by atoms with Gasteiger partial charge in [0.05, 0.1) is 0 Å². The number of thioether (sulfide) groups is 1. The summed E-state index contributed by atoms with van der Waals surface area (Å²) in [6.45, 7) is 2.71. The fourth-order valence-corrected chi connectivity index (χ4v) is 1.61. The van der Waals surface area contributed by atoms with Crippen molar-refractivity contribution in [2.75, 3.05) is 37.6 Å². The average molecular weight is 229 g/mol. The first-order chi connectivity index (χ1) is 7.38. The molecule has 0 spiro atoms. The molecule has 4 nitrogen and oxygen atoms in total. The Morgan fingerprint density at radius 2 is 2.47 bits per heavy atom. The molecule has 1 heterocycles. The number of imidazole rings is 1. The van der Waals surface area contributed by atoms with Crippen LogP contribution in [-0.4, -0.2) is 41.8 Å². The van der Waals surface area contributed by atoms with Crippen molar-refractivity contribution in [2.24, 2.45) is 0 Å². The zero-order valence-electron chi connectivity index (χ0n) is 9.40. The van der Waals surface area contributed by atoms with Crippen LogP contribution in [0.25, 0.3) is 0 Å². The van der Waals surface area contributed by atoms with Crippen LogP contribution in [0.1, 0.15) is 6.42 Å². The number of hydrogen-bond acceptors (Lipinski definition) is 4. The van der Waals surface area contributed by atoms with E-state index in [0.717, 1.165) is 37.8 Å². The molecule has 0 fully saturated rings. The minimum absolute atomic E-state index is 0.794. The van der Waals surface area contributed by atoms with Gasteiger partial charge in [-0.1, -0.05) is 0 Å². The molecule has 1 aromatic heterocycles. The van der Waals surface area contributed by atoms with Crippen LogP contribution in [0.4, 0.5) is 5.95 Å². The lowest BCUT2D eigenvalue weighted by Gasteiger charge is -2.08. The Morgan fingerprint density at radius 1 is 1.60 bits per heavy atom. The third kappa shape index (κ3) is 4.57. The molecule has 0 amide bonds. The zero-order valence-corrected chi connectivity index (χ0v) is 10.2. The van der Waals surface area contributed by atoms with E-state index in [-0.39, 0.29) is 0 Å². The number of aryl methyl sites for hydroxylation is 1. The molecule has 0 unspecified atom stereocenters. The molecule has 0 aliphatic carbocycles. The van der Waals surface area contributed by atoms with E-state index in [4.69, 9.17) is 4.74 Å². The number of anilines is 1. The van der Waals surface area contributed by atoms with Crippen molar-refractivity contribution in [1.29, 1.82) is 0 Å². The Bertz CT molecular complexity index is 240. The normalized spacial score (nSPS) is 10.5. The molecule has 1 aromatic rings. The van der Waals surface area contributed by atoms with E-state index in [0.29, 0.717) is 0 Å². The van der Waals surface area contributed by atoms with Crippen molar-refractivity contribution < 1.29 is 4.74 Å². The number of rotatable bonds is 8. The van der Waals surface area contributed by atoms with Crippen LogP contribution in [0.15, 0.2) is 12.4 Å². The van der Waals surface area contributed by atoms with Gasteiger partial charge in [0.2, 0.25) is 5.95 Å². The standard InChI is InChI=1S/C10H19N3OS/c1-14-8-3-6-13-7-4-11-10(13)12-5-9-15-2/h4,7H,3,5-6,8-9H2,1-2H3,(H,11,12). The Balaban J connectivity index is 2.32. The monoisotopic (exact) mass is 229 g/mol. The minimum Gasteiger partial charge on any atom is -0.385 e. The summed E-state index contributed by atoms with van der Waals surface area (Å²) in [5.41, 5.74) is 0. The highest BCUT2D eigenvalue weighted by atomic mass is 32.2. The van der Waals surface area contributed by atoms with E-state index in [2.05, 4.69) is 21.1 Å². The number of nitrogens with zero attached hydrogens (tertiary/aromatic N) is 2. The fraction of sp³-hybridized carbons (Fsp3) is 0.700. The quantitative estimate of drug-likeness (QED) is 0.689. The van der Waals surface area contributed by atoms with Crippen LogP contribution in [0, 0.1) is 0 Å². The molecular weight excluding hydrogens is 210 g/mol. The lowest BCUT2D eigenvalue weighted by molar-refractivity contribution is 0.190. The summed E-state index contributed by atoms with van der Waals surface area (Å²) < 4.78 is 7.15. The number of ether oxygens (including phenoxy) is 1. The van der Waals surface area contributed by atoms with Gasteiger partial charge in [-0.15, -0.1) is 0 Å². The molecule has 0 saturated carbocycles. The van der Waals surface area contributed by atoms with Crippen molar-refractivity contribution in [3.8, 4) is 0 Å². The summed E-state index contributed by atoms with van der Waals surface area (Å²) in [5.74, 6) is 2.06. The largest absolute Gasteiger partial charge is 0.385 e. The molecular formula is C10H19N3OS. The number of nitrogens with one attached hydrogen (secondary N) is 1. The van der Waals surface area contributed by atoms with E-state index < -0.39 is 0 Å². The molecule has 0 saturated heterocycles. The predicted octanol–water partition coefficient (Wildman–Crippen LogP) is 1.69. The van der Waals surface area contributed by atoms with Crippen molar-refractivity contribution in [3.63, 3.8) is 0 Å². The van der Waals surface area contributed by atoms with Crippen molar-refractivity contribution in [1.82, 2.24) is 9.55 Å². The molecule has 1 N–H and O–H groups in total. The summed E-state index contributed by atoms with van der Waals surface area (Å²) in [5, 5.41) is 3.31. The second kappa shape index (κ2) is 7.59. The molecule has 1 rings (SSSR count). The van der Waals surface area contributed by atoms with Crippen molar-refractivity contribution in [2.45, 2.75) is 13.0 Å². The number of methoxy groups -OCH3 is 1. The third-order valence-electron chi connectivity index (χ3n) is 2.05. The maximum Gasteiger partial charge on any atom is 0.202 e. The van der Waals surface area contributed by atoms with Gasteiger partial charge in [0.15, 0.2) is 0 Å². The van der Waals surface area contributed by atoms with Gasteiger partial charge in [0.25, 0.3) is 0 Å². The summed E-state index contributed by atoms with van der Waals surface area (Å²) in [6, 6.07) is 0. The Labute approximate surface area is 95.4 Å². The highest BCUT2D eigenvalue weighted by molar-refractivity contribution is 7.98. The van der Waals surface area contributed by atoms with E-state index in [9.17, 15) is 0 Å². The van der Waals surface area contributed by atoms with Gasteiger partial charge in [-0.2, -0.15) is 11.8 Å². The van der Waals surface area contributed by atoms with Crippen LogP contribution in [0.5, 0.6) is 0 Å². The minimum atomic E-state index is 0.794. The maximum absolute atomic E-state index is 5.02. The third-order valence-corrected chi connectivity index (χ3v) is 2.66. The molecule has 15 heavy (non-hydrogen) atoms. The number of hydrogen-bond donors (Lipinski definition) is 1. The highest BCUT2D eigenvalue weighted by Gasteiger charge is 2.00. The van der Waals surface area contributed by atoms with E-state index in [1.165, 1.54) is 0 Å². The lowest BCUT2D eigenvalue weighted by Crippen LogP contribution is -2.11. The molecule has 86 valence electrons. The van der Waals surface area contributed by atoms with Crippen LogP contribution < -0.4 is 5.32 Å². The van der Waals surface area contributed by atoms with Crippen LogP contribution in [-0.2, 0) is 11.3 Å². The second-order valence-electron chi connectivity index (χ2n) is 3.21. The Morgan fingerprint density at radius 3 is 3.20 bits per heavy atom. The predicted molar refractivity (Wildman–Crippen MR) is 65.6 cm³/mol. The fourth-order valence-electron chi connectivity index (χ4n) is 1.30. The van der Waals surface area contributed by atoms with Gasteiger partial charge in [-0.05, 0) is 12.7 Å². The molecule has 0 atom stereocenters. The van der Waals surface area contributed by atoms with E-state index in [1.54, 1.807) is 7.11 Å². The first kappa shape index (κ1) is 12.4. The molecule has 0 aromatic carbocycles.